The molecule has 1 saturated heterocycles. The minimum absolute atomic E-state index is 0.907. The standard InChI is InChI=1S/C12H14N2S/c1-14-5-2-10(3-6-14)12(8-13)11-4-7-15-9-11/h4,7,9H,2-3,5-6H2,1H3. The molecule has 1 aliphatic rings. The minimum Gasteiger partial charge on any atom is -0.306 e. The maximum atomic E-state index is 9.20. The van der Waals surface area contributed by atoms with E-state index in [2.05, 4.69) is 23.4 Å². The second-order valence-electron chi connectivity index (χ2n) is 3.91. The molecule has 1 fully saturated rings. The van der Waals surface area contributed by atoms with Gasteiger partial charge in [-0.25, -0.2) is 0 Å². The predicted molar refractivity (Wildman–Crippen MR) is 63.6 cm³/mol. The fraction of sp³-hybridized carbons (Fsp3) is 0.417. The molecule has 0 spiro atoms. The summed E-state index contributed by atoms with van der Waals surface area (Å²) >= 11 is 1.65. The molecule has 0 N–H and O–H groups in total. The molecular weight excluding hydrogens is 204 g/mol. The van der Waals surface area contributed by atoms with Crippen molar-refractivity contribution >= 4 is 16.9 Å². The van der Waals surface area contributed by atoms with Gasteiger partial charge in [-0.2, -0.15) is 16.6 Å². The molecule has 3 heteroatoms. The second kappa shape index (κ2) is 4.61. The average molecular weight is 218 g/mol. The number of thiophene rings is 1. The number of allylic oxidation sites excluding steroid dienone is 1. The Morgan fingerprint density at radius 3 is 2.73 bits per heavy atom. The van der Waals surface area contributed by atoms with E-state index in [0.29, 0.717) is 0 Å². The van der Waals surface area contributed by atoms with Crippen LogP contribution in [0.1, 0.15) is 18.4 Å². The first kappa shape index (κ1) is 10.4. The summed E-state index contributed by atoms with van der Waals surface area (Å²) < 4.78 is 0. The molecule has 2 heterocycles. The van der Waals surface area contributed by atoms with Crippen molar-refractivity contribution in [3.8, 4) is 6.07 Å². The fourth-order valence-corrected chi connectivity index (χ4v) is 2.54. The summed E-state index contributed by atoms with van der Waals surface area (Å²) in [5.41, 5.74) is 3.33. The monoisotopic (exact) mass is 218 g/mol. The molecule has 0 saturated carbocycles. The van der Waals surface area contributed by atoms with Crippen LogP contribution in [0.25, 0.3) is 5.57 Å². The van der Waals surface area contributed by atoms with Gasteiger partial charge in [0, 0.05) is 18.7 Å². The first-order valence-corrected chi connectivity index (χ1v) is 6.09. The van der Waals surface area contributed by atoms with Crippen LogP contribution in [0.2, 0.25) is 0 Å². The summed E-state index contributed by atoms with van der Waals surface area (Å²) in [5, 5.41) is 13.3. The maximum Gasteiger partial charge on any atom is 0.0997 e. The van der Waals surface area contributed by atoms with Gasteiger partial charge in [0.2, 0.25) is 0 Å². The molecule has 0 aliphatic carbocycles. The number of hydrogen-bond donors (Lipinski definition) is 0. The van der Waals surface area contributed by atoms with Crippen molar-refractivity contribution in [1.29, 1.82) is 5.26 Å². The molecule has 0 aromatic carbocycles. The Bertz CT molecular complexity index is 388. The lowest BCUT2D eigenvalue weighted by Crippen LogP contribution is -2.26. The van der Waals surface area contributed by atoms with Crippen molar-refractivity contribution in [2.45, 2.75) is 12.8 Å². The highest BCUT2D eigenvalue weighted by Gasteiger charge is 2.15. The van der Waals surface area contributed by atoms with E-state index >= 15 is 0 Å². The Morgan fingerprint density at radius 1 is 1.47 bits per heavy atom. The van der Waals surface area contributed by atoms with Crippen molar-refractivity contribution in [1.82, 2.24) is 4.90 Å². The van der Waals surface area contributed by atoms with E-state index in [1.54, 1.807) is 11.3 Å². The van der Waals surface area contributed by atoms with E-state index in [-0.39, 0.29) is 0 Å². The number of piperidine rings is 1. The molecule has 78 valence electrons. The van der Waals surface area contributed by atoms with Crippen LogP contribution in [-0.2, 0) is 0 Å². The van der Waals surface area contributed by atoms with Crippen molar-refractivity contribution in [2.24, 2.45) is 0 Å². The summed E-state index contributed by atoms with van der Waals surface area (Å²) in [6, 6.07) is 4.39. The van der Waals surface area contributed by atoms with Gasteiger partial charge in [0.05, 0.1) is 11.6 Å². The molecule has 0 radical (unpaired) electrons. The van der Waals surface area contributed by atoms with Crippen LogP contribution in [0.4, 0.5) is 0 Å². The first-order valence-electron chi connectivity index (χ1n) is 5.14. The Balaban J connectivity index is 2.26. The van der Waals surface area contributed by atoms with E-state index in [0.717, 1.165) is 37.1 Å². The summed E-state index contributed by atoms with van der Waals surface area (Å²) in [6.07, 6.45) is 2.07. The van der Waals surface area contributed by atoms with Crippen LogP contribution in [0, 0.1) is 11.3 Å². The van der Waals surface area contributed by atoms with Gasteiger partial charge < -0.3 is 4.90 Å². The Labute approximate surface area is 94.4 Å². The van der Waals surface area contributed by atoms with Gasteiger partial charge in [-0.1, -0.05) is 0 Å². The molecule has 2 nitrogen and oxygen atoms in total. The van der Waals surface area contributed by atoms with Gasteiger partial charge in [0.15, 0.2) is 0 Å². The molecule has 1 aromatic rings. The number of nitriles is 1. The quantitative estimate of drug-likeness (QED) is 0.678. The predicted octanol–water partition coefficient (Wildman–Crippen LogP) is 2.75. The Kier molecular flexibility index (Phi) is 3.20. The van der Waals surface area contributed by atoms with Gasteiger partial charge in [-0.15, -0.1) is 0 Å². The summed E-state index contributed by atoms with van der Waals surface area (Å²) in [4.78, 5) is 2.31. The van der Waals surface area contributed by atoms with Crippen LogP contribution in [0.3, 0.4) is 0 Å². The summed E-state index contributed by atoms with van der Waals surface area (Å²) in [6.45, 7) is 2.15. The highest BCUT2D eigenvalue weighted by molar-refractivity contribution is 7.08. The number of nitrogens with zero attached hydrogens (tertiary/aromatic N) is 2. The largest absolute Gasteiger partial charge is 0.306 e. The van der Waals surface area contributed by atoms with Crippen molar-refractivity contribution in [3.63, 3.8) is 0 Å². The lowest BCUT2D eigenvalue weighted by molar-refractivity contribution is 0.313. The van der Waals surface area contributed by atoms with Crippen molar-refractivity contribution < 1.29 is 0 Å². The third-order valence-electron chi connectivity index (χ3n) is 2.87. The van der Waals surface area contributed by atoms with Crippen molar-refractivity contribution in [2.75, 3.05) is 20.1 Å². The average Bonchev–Trinajstić information content (AvgIpc) is 2.75. The zero-order valence-corrected chi connectivity index (χ0v) is 9.68. The SMILES string of the molecule is CN1CCC(=C(C#N)c2ccsc2)CC1. The Morgan fingerprint density at radius 2 is 2.20 bits per heavy atom. The van der Waals surface area contributed by atoms with Crippen LogP contribution in [0.15, 0.2) is 22.4 Å². The van der Waals surface area contributed by atoms with E-state index < -0.39 is 0 Å². The topological polar surface area (TPSA) is 27.0 Å². The molecule has 15 heavy (non-hydrogen) atoms. The lowest BCUT2D eigenvalue weighted by atomic mass is 9.95. The summed E-state index contributed by atoms with van der Waals surface area (Å²) in [7, 11) is 2.13. The summed E-state index contributed by atoms with van der Waals surface area (Å²) in [5.74, 6) is 0. The Hall–Kier alpha value is -1.11. The molecule has 0 bridgehead atoms. The number of likely N-dealkylation sites (tertiary alicyclic amines) is 1. The van der Waals surface area contributed by atoms with Gasteiger partial charge in [-0.3, -0.25) is 0 Å². The van der Waals surface area contributed by atoms with Gasteiger partial charge in [0.1, 0.15) is 0 Å². The highest BCUT2D eigenvalue weighted by atomic mass is 32.1. The van der Waals surface area contributed by atoms with Gasteiger partial charge in [0.25, 0.3) is 0 Å². The zero-order valence-electron chi connectivity index (χ0n) is 8.86. The van der Waals surface area contributed by atoms with Crippen LogP contribution < -0.4 is 0 Å². The van der Waals surface area contributed by atoms with Crippen LogP contribution in [0.5, 0.6) is 0 Å². The first-order chi connectivity index (χ1) is 7.31. The molecule has 0 atom stereocenters. The van der Waals surface area contributed by atoms with E-state index in [4.69, 9.17) is 0 Å². The van der Waals surface area contributed by atoms with E-state index in [9.17, 15) is 5.26 Å². The fourth-order valence-electron chi connectivity index (χ4n) is 1.89. The van der Waals surface area contributed by atoms with Gasteiger partial charge >= 0.3 is 0 Å². The van der Waals surface area contributed by atoms with Crippen LogP contribution in [-0.4, -0.2) is 25.0 Å². The normalized spacial score (nSPS) is 17.5. The minimum atomic E-state index is 0.907. The van der Waals surface area contributed by atoms with Crippen molar-refractivity contribution in [3.05, 3.63) is 28.0 Å². The third kappa shape index (κ3) is 2.28. The molecule has 2 rings (SSSR count). The molecule has 0 unspecified atom stereocenters. The molecular formula is C12H14N2S. The molecule has 0 amide bonds. The van der Waals surface area contributed by atoms with Crippen LogP contribution >= 0.6 is 11.3 Å². The lowest BCUT2D eigenvalue weighted by Gasteiger charge is -2.24. The number of rotatable bonds is 1. The second-order valence-corrected chi connectivity index (χ2v) is 4.69. The smallest absolute Gasteiger partial charge is 0.0997 e. The highest BCUT2D eigenvalue weighted by Crippen LogP contribution is 2.26. The molecule has 1 aromatic heterocycles. The maximum absolute atomic E-state index is 9.20. The third-order valence-corrected chi connectivity index (χ3v) is 3.55. The molecule has 1 aliphatic heterocycles. The van der Waals surface area contributed by atoms with Gasteiger partial charge in [-0.05, 0) is 42.3 Å². The number of hydrogen-bond acceptors (Lipinski definition) is 3. The van der Waals surface area contributed by atoms with E-state index in [1.165, 1.54) is 5.57 Å². The zero-order chi connectivity index (χ0) is 10.7. The van der Waals surface area contributed by atoms with E-state index in [1.807, 2.05) is 11.4 Å².